The van der Waals surface area contributed by atoms with Gasteiger partial charge in [-0.25, -0.2) is 4.79 Å². The smallest absolute Gasteiger partial charge is 0.336 e. The van der Waals surface area contributed by atoms with E-state index in [1.165, 1.54) is 0 Å². The number of aliphatic hydroxyl groups excluding tert-OH is 1. The number of nitrogens with zero attached hydrogens (tertiary/aromatic N) is 1. The molecule has 40 heavy (non-hydrogen) atoms. The van der Waals surface area contributed by atoms with Gasteiger partial charge in [0.1, 0.15) is 24.4 Å². The van der Waals surface area contributed by atoms with Crippen molar-refractivity contribution in [2.24, 2.45) is 0 Å². The summed E-state index contributed by atoms with van der Waals surface area (Å²) >= 11 is 0. The van der Waals surface area contributed by atoms with E-state index in [2.05, 4.69) is 4.90 Å². The predicted molar refractivity (Wildman–Crippen MR) is 146 cm³/mol. The molecular formula is C31H41NO8. The molecule has 0 unspecified atom stereocenters. The first-order chi connectivity index (χ1) is 18.9. The van der Waals surface area contributed by atoms with Crippen LogP contribution in [0.25, 0.3) is 0 Å². The Morgan fingerprint density at radius 1 is 0.825 bits per heavy atom. The minimum absolute atomic E-state index is 0.402. The molecule has 0 amide bonds. The molecule has 3 heterocycles. The van der Waals surface area contributed by atoms with Crippen LogP contribution in [0.5, 0.6) is 0 Å². The van der Waals surface area contributed by atoms with Crippen LogP contribution in [0, 0.1) is 0 Å². The van der Waals surface area contributed by atoms with Gasteiger partial charge in [-0.15, -0.1) is 0 Å². The van der Waals surface area contributed by atoms with Gasteiger partial charge in [0.25, 0.3) is 0 Å². The van der Waals surface area contributed by atoms with Crippen molar-refractivity contribution in [3.05, 3.63) is 71.8 Å². The van der Waals surface area contributed by atoms with Crippen LogP contribution in [-0.2, 0) is 46.3 Å². The molecular weight excluding hydrogens is 514 g/mol. The summed E-state index contributed by atoms with van der Waals surface area (Å²) < 4.78 is 37.2. The van der Waals surface area contributed by atoms with Gasteiger partial charge >= 0.3 is 5.97 Å². The summed E-state index contributed by atoms with van der Waals surface area (Å²) in [6, 6.07) is 19.0. The summed E-state index contributed by atoms with van der Waals surface area (Å²) in [5, 5.41) is 11.7. The number of rotatable bonds is 9. The third-order valence-corrected chi connectivity index (χ3v) is 7.32. The second-order valence-electron chi connectivity index (χ2n) is 11.9. The zero-order valence-electron chi connectivity index (χ0n) is 24.1. The van der Waals surface area contributed by atoms with Gasteiger partial charge in [0.2, 0.25) is 0 Å². The van der Waals surface area contributed by atoms with Crippen molar-refractivity contribution in [1.29, 1.82) is 0 Å². The van der Waals surface area contributed by atoms with E-state index >= 15 is 0 Å². The van der Waals surface area contributed by atoms with E-state index in [0.717, 1.165) is 11.1 Å². The van der Waals surface area contributed by atoms with Crippen LogP contribution in [0.4, 0.5) is 0 Å². The van der Waals surface area contributed by atoms with E-state index in [1.54, 1.807) is 13.8 Å². The van der Waals surface area contributed by atoms with Gasteiger partial charge in [-0.1, -0.05) is 60.7 Å². The lowest BCUT2D eigenvalue weighted by Crippen LogP contribution is -2.65. The molecule has 0 aromatic heterocycles. The van der Waals surface area contributed by atoms with Crippen LogP contribution in [0.2, 0.25) is 0 Å². The van der Waals surface area contributed by atoms with Crippen molar-refractivity contribution in [3.63, 3.8) is 0 Å². The standard InChI is InChI=1S/C31H41NO8/c1-19(2)35-28(34)23(33)22(32(17-20-13-9-7-10-14-20)18-21-15-11-8-12-16-21)24-25-26(38-30(3,4)37-25)27-29(36-24)40-31(5,6)39-27/h7-16,19,22-27,29,33H,17-18H2,1-6H3/t22-,23-,24+,25-,26-,27+,29+/m0/s1. The summed E-state index contributed by atoms with van der Waals surface area (Å²) in [4.78, 5) is 15.4. The number of carbonyl (C=O) groups is 1. The highest BCUT2D eigenvalue weighted by atomic mass is 16.9. The lowest BCUT2D eigenvalue weighted by atomic mass is 9.89. The number of benzene rings is 2. The van der Waals surface area contributed by atoms with Gasteiger partial charge in [-0.2, -0.15) is 0 Å². The molecule has 1 N–H and O–H groups in total. The zero-order chi connectivity index (χ0) is 28.7. The molecule has 0 spiro atoms. The second kappa shape index (κ2) is 11.5. The number of ether oxygens (including phenoxy) is 6. The van der Waals surface area contributed by atoms with E-state index in [1.807, 2.05) is 88.4 Å². The van der Waals surface area contributed by atoms with Crippen LogP contribution in [0.3, 0.4) is 0 Å². The molecule has 0 radical (unpaired) electrons. The Balaban J connectivity index is 1.57. The van der Waals surface area contributed by atoms with Crippen molar-refractivity contribution in [2.75, 3.05) is 0 Å². The number of hydrogen-bond acceptors (Lipinski definition) is 9. The van der Waals surface area contributed by atoms with Crippen LogP contribution < -0.4 is 0 Å². The minimum atomic E-state index is -1.54. The fourth-order valence-corrected chi connectivity index (χ4v) is 5.85. The molecule has 9 nitrogen and oxygen atoms in total. The molecule has 3 saturated heterocycles. The van der Waals surface area contributed by atoms with Crippen LogP contribution >= 0.6 is 0 Å². The number of fused-ring (bicyclic) bond motifs is 3. The monoisotopic (exact) mass is 555 g/mol. The van der Waals surface area contributed by atoms with Gasteiger partial charge in [-0.05, 0) is 52.7 Å². The average molecular weight is 556 g/mol. The Morgan fingerprint density at radius 2 is 1.32 bits per heavy atom. The number of carbonyl (C=O) groups excluding carboxylic acids is 1. The van der Waals surface area contributed by atoms with Crippen molar-refractivity contribution >= 4 is 5.97 Å². The highest BCUT2D eigenvalue weighted by molar-refractivity contribution is 5.75. The molecule has 3 fully saturated rings. The van der Waals surface area contributed by atoms with E-state index in [4.69, 9.17) is 28.4 Å². The van der Waals surface area contributed by atoms with Crippen molar-refractivity contribution in [3.8, 4) is 0 Å². The molecule has 2 aromatic carbocycles. The highest BCUT2D eigenvalue weighted by Gasteiger charge is 2.63. The number of esters is 1. The topological polar surface area (TPSA) is 95.9 Å². The van der Waals surface area contributed by atoms with Gasteiger partial charge in [0.05, 0.1) is 12.1 Å². The van der Waals surface area contributed by atoms with Gasteiger partial charge in [0.15, 0.2) is 24.0 Å². The molecule has 2 aromatic rings. The first-order valence-corrected chi connectivity index (χ1v) is 14.0. The van der Waals surface area contributed by atoms with Crippen LogP contribution in [0.1, 0.15) is 52.7 Å². The third-order valence-electron chi connectivity index (χ3n) is 7.32. The fraction of sp³-hybridized carbons (Fsp3) is 0.581. The molecule has 3 aliphatic rings. The van der Waals surface area contributed by atoms with E-state index in [0.29, 0.717) is 13.1 Å². The Labute approximate surface area is 236 Å². The van der Waals surface area contributed by atoms with Crippen molar-refractivity contribution in [2.45, 2.75) is 115 Å². The van der Waals surface area contributed by atoms with Gasteiger partial charge < -0.3 is 33.5 Å². The largest absolute Gasteiger partial charge is 0.461 e. The molecule has 0 aliphatic carbocycles. The molecule has 218 valence electrons. The van der Waals surface area contributed by atoms with E-state index in [-0.39, 0.29) is 0 Å². The lowest BCUT2D eigenvalue weighted by Gasteiger charge is -2.45. The third kappa shape index (κ3) is 6.41. The summed E-state index contributed by atoms with van der Waals surface area (Å²) in [6.45, 7) is 11.7. The maximum Gasteiger partial charge on any atom is 0.336 e. The van der Waals surface area contributed by atoms with E-state index < -0.39 is 66.5 Å². The number of hydrogen-bond donors (Lipinski definition) is 1. The Morgan fingerprint density at radius 3 is 1.88 bits per heavy atom. The maximum atomic E-state index is 13.3. The molecule has 0 bridgehead atoms. The second-order valence-corrected chi connectivity index (χ2v) is 11.9. The molecule has 0 saturated carbocycles. The first kappa shape index (κ1) is 29.1. The summed E-state index contributed by atoms with van der Waals surface area (Å²) in [7, 11) is 0. The van der Waals surface area contributed by atoms with Gasteiger partial charge in [0, 0.05) is 13.1 Å². The normalized spacial score (nSPS) is 30.1. The zero-order valence-corrected chi connectivity index (χ0v) is 24.1. The van der Waals surface area contributed by atoms with Crippen LogP contribution in [-0.4, -0.2) is 76.5 Å². The average Bonchev–Trinajstić information content (AvgIpc) is 3.38. The SMILES string of the molecule is CC(C)OC(=O)[C@@H](O)[C@@H]([C@H]1O[C@@H]2OC(C)(C)O[C@@H]2[C@H]2OC(C)(C)O[C@H]21)N(Cc1ccccc1)Cc1ccccc1. The maximum absolute atomic E-state index is 13.3. The van der Waals surface area contributed by atoms with E-state index in [9.17, 15) is 9.90 Å². The summed E-state index contributed by atoms with van der Waals surface area (Å²) in [6.07, 6.45) is -5.24. The highest BCUT2D eigenvalue weighted by Crippen LogP contribution is 2.46. The molecule has 7 atom stereocenters. The quantitative estimate of drug-likeness (QED) is 0.464. The molecule has 9 heteroatoms. The molecule has 5 rings (SSSR count). The summed E-state index contributed by atoms with van der Waals surface area (Å²) in [5.41, 5.74) is 2.03. The van der Waals surface area contributed by atoms with Crippen LogP contribution in [0.15, 0.2) is 60.7 Å². The minimum Gasteiger partial charge on any atom is -0.461 e. The Kier molecular flexibility index (Phi) is 8.37. The van der Waals surface area contributed by atoms with Crippen molar-refractivity contribution < 1.29 is 38.3 Å². The summed E-state index contributed by atoms with van der Waals surface area (Å²) in [5.74, 6) is -2.56. The number of aliphatic hydroxyl groups is 1. The Hall–Kier alpha value is -2.37. The van der Waals surface area contributed by atoms with Crippen molar-refractivity contribution in [1.82, 2.24) is 4.90 Å². The first-order valence-electron chi connectivity index (χ1n) is 14.0. The molecule has 3 aliphatic heterocycles. The predicted octanol–water partition coefficient (Wildman–Crippen LogP) is 3.77. The fourth-order valence-electron chi connectivity index (χ4n) is 5.85. The van der Waals surface area contributed by atoms with Gasteiger partial charge in [-0.3, -0.25) is 4.90 Å². The lowest BCUT2D eigenvalue weighted by molar-refractivity contribution is -0.255. The Bertz CT molecular complexity index is 1100.